The van der Waals surface area contributed by atoms with Gasteiger partial charge < -0.3 is 4.74 Å². The molecule has 1 N–H and O–H groups in total. The minimum absolute atomic E-state index is 0.223. The number of sulfonamides is 1. The molecule has 7 nitrogen and oxygen atoms in total. The van der Waals surface area contributed by atoms with E-state index in [9.17, 15) is 13.2 Å². The lowest BCUT2D eigenvalue weighted by Gasteiger charge is -2.22. The molecule has 0 aromatic heterocycles. The van der Waals surface area contributed by atoms with E-state index in [0.717, 1.165) is 10.6 Å². The molecule has 0 spiro atoms. The Morgan fingerprint density at radius 3 is 2.52 bits per heavy atom. The fraction of sp³-hybridized carbons (Fsp3) is 0.176. The lowest BCUT2D eigenvalue weighted by Crippen LogP contribution is -2.39. The van der Waals surface area contributed by atoms with E-state index >= 15 is 0 Å². The number of nitrogens with zero attached hydrogens (tertiary/aromatic N) is 2. The highest BCUT2D eigenvalue weighted by atomic mass is 35.5. The number of methoxy groups -OCH3 is 1. The van der Waals surface area contributed by atoms with Crippen LogP contribution in [0.2, 0.25) is 10.0 Å². The van der Waals surface area contributed by atoms with Crippen molar-refractivity contribution in [3.05, 3.63) is 58.1 Å². The fourth-order valence-corrected chi connectivity index (χ4v) is 3.41. The molecule has 0 bridgehead atoms. The molecule has 1 amide bonds. The lowest BCUT2D eigenvalue weighted by atomic mass is 10.2. The maximum atomic E-state index is 12.1. The average molecular weight is 430 g/mol. The Balaban J connectivity index is 2.13. The highest BCUT2D eigenvalue weighted by Crippen LogP contribution is 2.30. The molecule has 0 radical (unpaired) electrons. The van der Waals surface area contributed by atoms with Crippen molar-refractivity contribution in [1.29, 1.82) is 0 Å². The van der Waals surface area contributed by atoms with E-state index in [1.807, 2.05) is 0 Å². The highest BCUT2D eigenvalue weighted by Gasteiger charge is 2.21. The van der Waals surface area contributed by atoms with Gasteiger partial charge in [0.05, 0.1) is 30.3 Å². The summed E-state index contributed by atoms with van der Waals surface area (Å²) in [7, 11) is -2.29. The first-order valence-corrected chi connectivity index (χ1v) is 10.2. The van der Waals surface area contributed by atoms with Crippen LogP contribution in [0.1, 0.15) is 5.56 Å². The van der Waals surface area contributed by atoms with Crippen molar-refractivity contribution in [2.75, 3.05) is 24.2 Å². The van der Waals surface area contributed by atoms with Crippen LogP contribution < -0.4 is 14.5 Å². The first-order chi connectivity index (χ1) is 12.7. The summed E-state index contributed by atoms with van der Waals surface area (Å²) < 4.78 is 30.1. The van der Waals surface area contributed by atoms with E-state index in [2.05, 4.69) is 10.5 Å². The number of nitrogens with one attached hydrogen (secondary N) is 1. The summed E-state index contributed by atoms with van der Waals surface area (Å²) in [6.07, 6.45) is 2.36. The number of halogens is 2. The normalized spacial score (nSPS) is 11.4. The number of rotatable bonds is 7. The van der Waals surface area contributed by atoms with Crippen LogP contribution in [0.25, 0.3) is 0 Å². The molecule has 0 heterocycles. The number of carbonyl (C=O) groups excluding carboxylic acids is 1. The van der Waals surface area contributed by atoms with Gasteiger partial charge in [0.25, 0.3) is 5.91 Å². The molecule has 0 saturated heterocycles. The van der Waals surface area contributed by atoms with Gasteiger partial charge in [-0.2, -0.15) is 5.10 Å². The molecular weight excluding hydrogens is 413 g/mol. The number of benzene rings is 2. The molecule has 2 aromatic rings. The number of hydrogen-bond donors (Lipinski definition) is 1. The summed E-state index contributed by atoms with van der Waals surface area (Å²) in [6, 6.07) is 11.4. The van der Waals surface area contributed by atoms with Crippen molar-refractivity contribution in [1.82, 2.24) is 5.43 Å². The third-order valence-electron chi connectivity index (χ3n) is 3.41. The van der Waals surface area contributed by atoms with Crippen molar-refractivity contribution in [3.63, 3.8) is 0 Å². The molecule has 0 aliphatic rings. The molecule has 0 aliphatic heterocycles. The van der Waals surface area contributed by atoms with E-state index in [1.54, 1.807) is 24.3 Å². The second-order valence-electron chi connectivity index (χ2n) is 5.40. The molecule has 0 saturated carbocycles. The maximum Gasteiger partial charge on any atom is 0.260 e. The average Bonchev–Trinajstić information content (AvgIpc) is 2.60. The summed E-state index contributed by atoms with van der Waals surface area (Å²) in [4.78, 5) is 12.1. The van der Waals surface area contributed by atoms with E-state index in [4.69, 9.17) is 27.9 Å². The monoisotopic (exact) mass is 429 g/mol. The van der Waals surface area contributed by atoms with Gasteiger partial charge in [-0.25, -0.2) is 13.8 Å². The zero-order valence-corrected chi connectivity index (χ0v) is 16.8. The van der Waals surface area contributed by atoms with Gasteiger partial charge in [-0.1, -0.05) is 41.4 Å². The quantitative estimate of drug-likeness (QED) is 0.541. The topological polar surface area (TPSA) is 88.1 Å². The number of hydrogen-bond acceptors (Lipinski definition) is 5. The van der Waals surface area contributed by atoms with Crippen molar-refractivity contribution in [2.24, 2.45) is 5.10 Å². The molecule has 2 rings (SSSR count). The minimum Gasteiger partial charge on any atom is -0.495 e. The molecule has 0 fully saturated rings. The smallest absolute Gasteiger partial charge is 0.260 e. The predicted octanol–water partition coefficient (Wildman–Crippen LogP) is 2.92. The second kappa shape index (κ2) is 9.07. The summed E-state index contributed by atoms with van der Waals surface area (Å²) in [5.74, 6) is -0.238. The van der Waals surface area contributed by atoms with Crippen molar-refractivity contribution in [2.45, 2.75) is 0 Å². The maximum absolute atomic E-state index is 12.1. The molecule has 0 unspecified atom stereocenters. The third kappa shape index (κ3) is 5.85. The van der Waals surface area contributed by atoms with Crippen LogP contribution in [0.4, 0.5) is 5.69 Å². The van der Waals surface area contributed by atoms with E-state index in [1.165, 1.54) is 31.5 Å². The molecule has 27 heavy (non-hydrogen) atoms. The van der Waals surface area contributed by atoms with Crippen LogP contribution in [0.3, 0.4) is 0 Å². The van der Waals surface area contributed by atoms with Gasteiger partial charge in [-0.15, -0.1) is 0 Å². The number of carbonyl (C=O) groups is 1. The van der Waals surface area contributed by atoms with Gasteiger partial charge in [0.2, 0.25) is 10.0 Å². The van der Waals surface area contributed by atoms with E-state index in [0.29, 0.717) is 16.3 Å². The van der Waals surface area contributed by atoms with E-state index < -0.39 is 22.5 Å². The Labute approximate surface area is 167 Å². The molecule has 2 aromatic carbocycles. The van der Waals surface area contributed by atoms with E-state index in [-0.39, 0.29) is 10.7 Å². The van der Waals surface area contributed by atoms with Crippen LogP contribution in [0.15, 0.2) is 47.6 Å². The Bertz CT molecular complexity index is 964. The van der Waals surface area contributed by atoms with Crippen LogP contribution in [0.5, 0.6) is 5.75 Å². The summed E-state index contributed by atoms with van der Waals surface area (Å²) >= 11 is 12.0. The Hall–Kier alpha value is -2.29. The number of amides is 1. The first-order valence-electron chi connectivity index (χ1n) is 7.60. The molecule has 0 aliphatic carbocycles. The van der Waals surface area contributed by atoms with Crippen LogP contribution in [-0.2, 0) is 14.8 Å². The second-order valence-corrected chi connectivity index (χ2v) is 8.12. The van der Waals surface area contributed by atoms with Gasteiger partial charge >= 0.3 is 0 Å². The Morgan fingerprint density at radius 1 is 1.22 bits per heavy atom. The summed E-state index contributed by atoms with van der Waals surface area (Å²) in [5, 5.41) is 4.50. The standard InChI is InChI=1S/C17H17Cl2N3O4S/c1-26-16-8-7-13(9-15(16)19)22(27(2,24)25)11-17(23)21-20-10-12-5-3-4-6-14(12)18/h3-10H,11H2,1-2H3,(H,21,23)/b20-10-. The fourth-order valence-electron chi connectivity index (χ4n) is 2.13. The predicted molar refractivity (Wildman–Crippen MR) is 107 cm³/mol. The zero-order valence-electron chi connectivity index (χ0n) is 14.5. The summed E-state index contributed by atoms with van der Waals surface area (Å²) in [6.45, 7) is -0.471. The number of ether oxygens (including phenoxy) is 1. The van der Waals surface area contributed by atoms with Crippen LogP contribution in [-0.4, -0.2) is 40.4 Å². The van der Waals surface area contributed by atoms with Gasteiger partial charge in [0.1, 0.15) is 12.3 Å². The number of anilines is 1. The van der Waals surface area contributed by atoms with Crippen molar-refractivity contribution in [3.8, 4) is 5.75 Å². The number of hydrazone groups is 1. The van der Waals surface area contributed by atoms with Crippen LogP contribution >= 0.6 is 23.2 Å². The highest BCUT2D eigenvalue weighted by molar-refractivity contribution is 7.92. The van der Waals surface area contributed by atoms with Gasteiger partial charge in [-0.3, -0.25) is 9.10 Å². The molecular formula is C17H17Cl2N3O4S. The lowest BCUT2D eigenvalue weighted by molar-refractivity contribution is -0.119. The van der Waals surface area contributed by atoms with Gasteiger partial charge in [-0.05, 0) is 24.3 Å². The van der Waals surface area contributed by atoms with Crippen molar-refractivity contribution < 1.29 is 17.9 Å². The largest absolute Gasteiger partial charge is 0.495 e. The van der Waals surface area contributed by atoms with Gasteiger partial charge in [0.15, 0.2) is 0 Å². The van der Waals surface area contributed by atoms with Crippen LogP contribution in [0, 0.1) is 0 Å². The Kier molecular flexibility index (Phi) is 7.06. The third-order valence-corrected chi connectivity index (χ3v) is 5.19. The van der Waals surface area contributed by atoms with Crippen molar-refractivity contribution >= 4 is 51.0 Å². The zero-order chi connectivity index (χ0) is 20.0. The minimum atomic E-state index is -3.73. The molecule has 0 atom stereocenters. The molecule has 144 valence electrons. The summed E-state index contributed by atoms with van der Waals surface area (Å²) in [5.41, 5.74) is 3.12. The Morgan fingerprint density at radius 2 is 1.93 bits per heavy atom. The van der Waals surface area contributed by atoms with Gasteiger partial charge in [0, 0.05) is 10.6 Å². The molecule has 10 heteroatoms. The SMILES string of the molecule is COc1ccc(N(CC(=O)N/N=C\c2ccccc2Cl)S(C)(=O)=O)cc1Cl. The first kappa shape index (κ1) is 21.0.